The van der Waals surface area contributed by atoms with Crippen molar-refractivity contribution in [2.45, 2.75) is 27.2 Å². The molecule has 0 aliphatic carbocycles. The van der Waals surface area contributed by atoms with Crippen molar-refractivity contribution < 1.29 is 14.3 Å². The van der Waals surface area contributed by atoms with Crippen molar-refractivity contribution in [3.05, 3.63) is 65.4 Å². The quantitative estimate of drug-likeness (QED) is 0.512. The predicted molar refractivity (Wildman–Crippen MR) is 98.2 cm³/mol. The molecule has 3 aromatic rings. The van der Waals surface area contributed by atoms with Crippen LogP contribution in [0.5, 0.6) is 11.5 Å². The van der Waals surface area contributed by atoms with Gasteiger partial charge in [0.2, 0.25) is 0 Å². The van der Waals surface area contributed by atoms with E-state index in [1.165, 1.54) is 0 Å². The van der Waals surface area contributed by atoms with Crippen LogP contribution >= 0.6 is 0 Å². The molecule has 1 heterocycles. The van der Waals surface area contributed by atoms with Crippen LogP contribution in [-0.4, -0.2) is 17.6 Å². The van der Waals surface area contributed by atoms with Crippen molar-refractivity contribution in [3.63, 3.8) is 0 Å². The second kappa shape index (κ2) is 7.34. The van der Waals surface area contributed by atoms with E-state index >= 15 is 0 Å². The summed E-state index contributed by atoms with van der Waals surface area (Å²) in [6, 6.07) is 15.1. The molecule has 0 amide bonds. The maximum absolute atomic E-state index is 12.5. The molecule has 0 saturated carbocycles. The number of hydrogen-bond acceptors (Lipinski definition) is 4. The summed E-state index contributed by atoms with van der Waals surface area (Å²) in [6.45, 7) is 6.36. The van der Waals surface area contributed by atoms with E-state index in [0.29, 0.717) is 18.1 Å². The minimum atomic E-state index is -0.324. The van der Waals surface area contributed by atoms with Gasteiger partial charge >= 0.3 is 5.97 Å². The van der Waals surface area contributed by atoms with Crippen LogP contribution in [0.15, 0.2) is 48.5 Å². The molecule has 0 N–H and O–H groups in total. The zero-order valence-electron chi connectivity index (χ0n) is 14.7. The van der Waals surface area contributed by atoms with Crippen molar-refractivity contribution in [2.24, 2.45) is 0 Å². The average Bonchev–Trinajstić information content (AvgIpc) is 2.60. The highest BCUT2D eigenvalue weighted by Gasteiger charge is 2.16. The van der Waals surface area contributed by atoms with Crippen LogP contribution < -0.4 is 9.47 Å². The highest BCUT2D eigenvalue weighted by Crippen LogP contribution is 2.28. The summed E-state index contributed by atoms with van der Waals surface area (Å²) in [5.74, 6) is 0.692. The van der Waals surface area contributed by atoms with Crippen molar-refractivity contribution in [1.82, 2.24) is 4.98 Å². The van der Waals surface area contributed by atoms with Crippen molar-refractivity contribution >= 4 is 16.9 Å². The van der Waals surface area contributed by atoms with Crippen LogP contribution in [0.4, 0.5) is 0 Å². The van der Waals surface area contributed by atoms with Crippen LogP contribution in [-0.2, 0) is 11.2 Å². The Balaban J connectivity index is 1.85. The predicted octanol–water partition coefficient (Wildman–Crippen LogP) is 4.40. The Morgan fingerprint density at radius 3 is 2.44 bits per heavy atom. The maximum atomic E-state index is 12.5. The van der Waals surface area contributed by atoms with Gasteiger partial charge in [0.1, 0.15) is 0 Å². The Hall–Kier alpha value is -2.88. The first-order valence-electron chi connectivity index (χ1n) is 8.37. The summed E-state index contributed by atoms with van der Waals surface area (Å²) in [6.07, 6.45) is 0.177. The molecule has 0 bridgehead atoms. The van der Waals surface area contributed by atoms with Crippen LogP contribution in [0.3, 0.4) is 0 Å². The molecule has 0 aliphatic heterocycles. The molecule has 0 aliphatic rings. The number of pyridine rings is 1. The van der Waals surface area contributed by atoms with Crippen LogP contribution in [0.25, 0.3) is 10.9 Å². The van der Waals surface area contributed by atoms with E-state index < -0.39 is 0 Å². The molecule has 128 valence electrons. The van der Waals surface area contributed by atoms with Gasteiger partial charge in [-0.15, -0.1) is 0 Å². The molecule has 0 saturated heterocycles. The summed E-state index contributed by atoms with van der Waals surface area (Å²) in [5, 5.41) is 1.06. The number of fused-ring (bicyclic) bond motifs is 1. The first-order chi connectivity index (χ1) is 12.1. The number of nitrogens with zero attached hydrogens (tertiary/aromatic N) is 1. The molecule has 4 heteroatoms. The molecular formula is C21H21NO3. The molecule has 2 aromatic carbocycles. The molecule has 0 radical (unpaired) electrons. The normalized spacial score (nSPS) is 10.7. The monoisotopic (exact) mass is 335 g/mol. The molecule has 0 spiro atoms. The van der Waals surface area contributed by atoms with Crippen molar-refractivity contribution in [3.8, 4) is 11.5 Å². The van der Waals surface area contributed by atoms with E-state index in [2.05, 4.69) is 4.98 Å². The van der Waals surface area contributed by atoms with Crippen LogP contribution in [0.2, 0.25) is 0 Å². The van der Waals surface area contributed by atoms with Crippen molar-refractivity contribution in [2.75, 3.05) is 6.61 Å². The number of carbonyl (C=O) groups is 1. The number of aromatic nitrogens is 1. The smallest absolute Gasteiger partial charge is 0.315 e. The Morgan fingerprint density at radius 1 is 1.00 bits per heavy atom. The number of para-hydroxylation sites is 3. The van der Waals surface area contributed by atoms with Gasteiger partial charge in [-0.3, -0.25) is 9.78 Å². The third kappa shape index (κ3) is 3.63. The second-order valence-electron chi connectivity index (χ2n) is 5.85. The molecule has 0 atom stereocenters. The number of hydrogen-bond donors (Lipinski definition) is 0. The van der Waals surface area contributed by atoms with Gasteiger partial charge in [-0.25, -0.2) is 0 Å². The first-order valence-corrected chi connectivity index (χ1v) is 8.37. The maximum Gasteiger partial charge on any atom is 0.315 e. The molecule has 25 heavy (non-hydrogen) atoms. The first kappa shape index (κ1) is 17.0. The van der Waals surface area contributed by atoms with Gasteiger partial charge in [-0.1, -0.05) is 30.3 Å². The fourth-order valence-electron chi connectivity index (χ4n) is 2.94. The zero-order chi connectivity index (χ0) is 17.8. The lowest BCUT2D eigenvalue weighted by Crippen LogP contribution is -2.14. The lowest BCUT2D eigenvalue weighted by molar-refractivity contribution is -0.133. The molecule has 4 nitrogen and oxygen atoms in total. The summed E-state index contributed by atoms with van der Waals surface area (Å²) in [7, 11) is 0. The van der Waals surface area contributed by atoms with Crippen LogP contribution in [0.1, 0.15) is 23.7 Å². The van der Waals surface area contributed by atoms with E-state index in [0.717, 1.165) is 27.7 Å². The number of aryl methyl sites for hydroxylation is 2. The Morgan fingerprint density at radius 2 is 1.68 bits per heavy atom. The highest BCUT2D eigenvalue weighted by molar-refractivity contribution is 5.85. The standard InChI is InChI=1S/C21H21NO3/c1-4-24-19-11-7-8-12-20(19)25-21(23)13-17-14(2)16-9-5-6-10-18(16)22-15(17)3/h5-12H,4,13H2,1-3H3. The highest BCUT2D eigenvalue weighted by atomic mass is 16.6. The van der Waals surface area contributed by atoms with Gasteiger partial charge in [0.05, 0.1) is 18.5 Å². The number of esters is 1. The summed E-state index contributed by atoms with van der Waals surface area (Å²) in [4.78, 5) is 17.1. The van der Waals surface area contributed by atoms with Gasteiger partial charge in [0.15, 0.2) is 11.5 Å². The molecule has 0 fully saturated rings. The largest absolute Gasteiger partial charge is 0.490 e. The number of rotatable bonds is 5. The Kier molecular flexibility index (Phi) is 4.98. The van der Waals surface area contributed by atoms with Gasteiger partial charge in [-0.2, -0.15) is 0 Å². The summed E-state index contributed by atoms with van der Waals surface area (Å²) < 4.78 is 11.0. The minimum Gasteiger partial charge on any atom is -0.490 e. The third-order valence-electron chi connectivity index (χ3n) is 4.18. The second-order valence-corrected chi connectivity index (χ2v) is 5.85. The lowest BCUT2D eigenvalue weighted by atomic mass is 10.00. The van der Waals surface area contributed by atoms with E-state index in [1.807, 2.05) is 57.2 Å². The molecule has 3 rings (SSSR count). The third-order valence-corrected chi connectivity index (χ3v) is 4.18. The summed E-state index contributed by atoms with van der Waals surface area (Å²) in [5.41, 5.74) is 3.78. The SMILES string of the molecule is CCOc1ccccc1OC(=O)Cc1c(C)nc2ccccc2c1C. The lowest BCUT2D eigenvalue weighted by Gasteiger charge is -2.13. The Labute approximate surface area is 147 Å². The molecule has 1 aromatic heterocycles. The van der Waals surface area contributed by atoms with Gasteiger partial charge in [-0.05, 0) is 50.1 Å². The summed E-state index contributed by atoms with van der Waals surface area (Å²) >= 11 is 0. The molecule has 0 unspecified atom stereocenters. The van der Waals surface area contributed by atoms with Gasteiger partial charge < -0.3 is 9.47 Å². The van der Waals surface area contributed by atoms with Crippen LogP contribution in [0, 0.1) is 13.8 Å². The van der Waals surface area contributed by atoms with E-state index in [-0.39, 0.29) is 12.4 Å². The number of carbonyl (C=O) groups excluding carboxylic acids is 1. The Bertz CT molecular complexity index is 918. The van der Waals surface area contributed by atoms with E-state index in [1.54, 1.807) is 12.1 Å². The van der Waals surface area contributed by atoms with Crippen molar-refractivity contribution in [1.29, 1.82) is 0 Å². The van der Waals surface area contributed by atoms with Gasteiger partial charge in [0.25, 0.3) is 0 Å². The zero-order valence-corrected chi connectivity index (χ0v) is 14.7. The van der Waals surface area contributed by atoms with E-state index in [4.69, 9.17) is 9.47 Å². The average molecular weight is 335 g/mol. The fourth-order valence-corrected chi connectivity index (χ4v) is 2.94. The fraction of sp³-hybridized carbons (Fsp3) is 0.238. The topological polar surface area (TPSA) is 48.4 Å². The number of ether oxygens (including phenoxy) is 2. The minimum absolute atomic E-state index is 0.177. The number of benzene rings is 2. The van der Waals surface area contributed by atoms with E-state index in [9.17, 15) is 4.79 Å². The molecular weight excluding hydrogens is 314 g/mol. The van der Waals surface area contributed by atoms with Gasteiger partial charge in [0, 0.05) is 11.1 Å².